The molecule has 4 nitrogen and oxygen atoms in total. The van der Waals surface area contributed by atoms with E-state index in [1.165, 1.54) is 25.1 Å². The van der Waals surface area contributed by atoms with Crippen LogP contribution in [0.15, 0.2) is 28.8 Å². The van der Waals surface area contributed by atoms with Crippen molar-refractivity contribution in [2.45, 2.75) is 6.92 Å². The zero-order chi connectivity index (χ0) is 10.8. The van der Waals surface area contributed by atoms with Crippen molar-refractivity contribution >= 4 is 5.78 Å². The minimum atomic E-state index is -0.393. The summed E-state index contributed by atoms with van der Waals surface area (Å²) in [5, 5.41) is 3.46. The lowest BCUT2D eigenvalue weighted by Crippen LogP contribution is -1.93. The van der Waals surface area contributed by atoms with E-state index in [9.17, 15) is 9.18 Å². The van der Waals surface area contributed by atoms with Crippen molar-refractivity contribution in [3.63, 3.8) is 0 Å². The zero-order valence-corrected chi connectivity index (χ0v) is 7.90. The van der Waals surface area contributed by atoms with Gasteiger partial charge in [0.05, 0.1) is 0 Å². The second kappa shape index (κ2) is 3.61. The number of carbonyl (C=O) groups is 1. The summed E-state index contributed by atoms with van der Waals surface area (Å²) in [7, 11) is 0. The minimum Gasteiger partial charge on any atom is -0.334 e. The van der Waals surface area contributed by atoms with Gasteiger partial charge in [0.2, 0.25) is 11.6 Å². The first-order valence-corrected chi connectivity index (χ1v) is 4.27. The van der Waals surface area contributed by atoms with Crippen molar-refractivity contribution in [3.8, 4) is 11.5 Å². The average molecular weight is 206 g/mol. The lowest BCUT2D eigenvalue weighted by Gasteiger charge is -1.92. The van der Waals surface area contributed by atoms with E-state index in [1.807, 2.05) is 0 Å². The van der Waals surface area contributed by atoms with Crippen LogP contribution in [0.1, 0.15) is 17.5 Å². The molecule has 2 rings (SSSR count). The average Bonchev–Trinajstić information content (AvgIpc) is 2.66. The molecule has 2 aromatic rings. The first-order chi connectivity index (χ1) is 7.16. The number of hydrogen-bond donors (Lipinski definition) is 0. The van der Waals surface area contributed by atoms with Crippen LogP contribution >= 0.6 is 0 Å². The van der Waals surface area contributed by atoms with E-state index in [0.717, 1.165) is 0 Å². The van der Waals surface area contributed by atoms with Crippen molar-refractivity contribution in [2.75, 3.05) is 0 Å². The summed E-state index contributed by atoms with van der Waals surface area (Å²) in [6.45, 7) is 1.33. The van der Waals surface area contributed by atoms with Gasteiger partial charge < -0.3 is 4.52 Å². The maximum Gasteiger partial charge on any atom is 0.258 e. The molecule has 0 saturated heterocycles. The molecule has 0 amide bonds. The molecule has 0 bridgehead atoms. The lowest BCUT2D eigenvalue weighted by atomic mass is 10.2. The lowest BCUT2D eigenvalue weighted by molar-refractivity contribution is 0.100. The van der Waals surface area contributed by atoms with E-state index in [0.29, 0.717) is 5.56 Å². The Labute approximate surface area is 84.7 Å². The summed E-state index contributed by atoms with van der Waals surface area (Å²) in [5.41, 5.74) is 0.454. The minimum absolute atomic E-state index is 0.00531. The predicted molar refractivity (Wildman–Crippen MR) is 49.7 cm³/mol. The van der Waals surface area contributed by atoms with Gasteiger partial charge in [0.1, 0.15) is 5.82 Å². The van der Waals surface area contributed by atoms with E-state index < -0.39 is 5.82 Å². The molecule has 76 valence electrons. The summed E-state index contributed by atoms with van der Waals surface area (Å²) in [4.78, 5) is 14.7. The molecule has 5 heteroatoms. The van der Waals surface area contributed by atoms with Gasteiger partial charge in [0.25, 0.3) is 5.89 Å². The molecule has 0 fully saturated rings. The number of hydrogen-bond acceptors (Lipinski definition) is 4. The first kappa shape index (κ1) is 9.51. The monoisotopic (exact) mass is 206 g/mol. The van der Waals surface area contributed by atoms with Crippen LogP contribution < -0.4 is 0 Å². The number of Topliss-reactive ketones (excluding diaryl/α,β-unsaturated/α-hetero) is 1. The standard InChI is InChI=1S/C10H7FN2O2/c1-6(14)9-12-10(15-13-9)7-3-2-4-8(11)5-7/h2-5H,1H3. The molecule has 0 saturated carbocycles. The summed E-state index contributed by atoms with van der Waals surface area (Å²) >= 11 is 0. The molecular formula is C10H7FN2O2. The highest BCUT2D eigenvalue weighted by Gasteiger charge is 2.11. The smallest absolute Gasteiger partial charge is 0.258 e. The molecule has 15 heavy (non-hydrogen) atoms. The highest BCUT2D eigenvalue weighted by atomic mass is 19.1. The Morgan fingerprint density at radius 1 is 1.47 bits per heavy atom. The number of rotatable bonds is 2. The predicted octanol–water partition coefficient (Wildman–Crippen LogP) is 2.08. The van der Waals surface area contributed by atoms with E-state index in [1.54, 1.807) is 6.07 Å². The molecule has 0 aliphatic rings. The Morgan fingerprint density at radius 3 is 2.87 bits per heavy atom. The maximum atomic E-state index is 12.9. The third-order valence-corrected chi connectivity index (χ3v) is 1.81. The van der Waals surface area contributed by atoms with Crippen molar-refractivity contribution < 1.29 is 13.7 Å². The van der Waals surface area contributed by atoms with Crippen molar-refractivity contribution in [2.24, 2.45) is 0 Å². The van der Waals surface area contributed by atoms with Gasteiger partial charge in [-0.2, -0.15) is 4.98 Å². The van der Waals surface area contributed by atoms with Gasteiger partial charge in [-0.1, -0.05) is 11.2 Å². The quantitative estimate of drug-likeness (QED) is 0.706. The van der Waals surface area contributed by atoms with Crippen molar-refractivity contribution in [3.05, 3.63) is 35.9 Å². The van der Waals surface area contributed by atoms with Crippen LogP contribution in [0.25, 0.3) is 11.5 Å². The van der Waals surface area contributed by atoms with Gasteiger partial charge in [-0.05, 0) is 18.2 Å². The van der Waals surface area contributed by atoms with Gasteiger partial charge in [-0.25, -0.2) is 4.39 Å². The number of benzene rings is 1. The van der Waals surface area contributed by atoms with E-state index in [-0.39, 0.29) is 17.5 Å². The van der Waals surface area contributed by atoms with E-state index in [4.69, 9.17) is 4.52 Å². The van der Waals surface area contributed by atoms with Gasteiger partial charge in [0.15, 0.2) is 0 Å². The fourth-order valence-electron chi connectivity index (χ4n) is 1.11. The van der Waals surface area contributed by atoms with Crippen LogP contribution in [0.4, 0.5) is 4.39 Å². The molecule has 0 aliphatic heterocycles. The molecular weight excluding hydrogens is 199 g/mol. The summed E-state index contributed by atoms with van der Waals surface area (Å²) in [6.07, 6.45) is 0. The Kier molecular flexibility index (Phi) is 2.29. The zero-order valence-electron chi connectivity index (χ0n) is 7.90. The summed E-state index contributed by atoms with van der Waals surface area (Å²) in [6, 6.07) is 5.73. The normalized spacial score (nSPS) is 10.3. The van der Waals surface area contributed by atoms with Crippen LogP contribution in [-0.2, 0) is 0 Å². The molecule has 0 N–H and O–H groups in total. The Balaban J connectivity index is 2.41. The fourth-order valence-corrected chi connectivity index (χ4v) is 1.11. The van der Waals surface area contributed by atoms with Gasteiger partial charge in [-0.15, -0.1) is 0 Å². The van der Waals surface area contributed by atoms with Crippen LogP contribution in [0, 0.1) is 5.82 Å². The maximum absolute atomic E-state index is 12.9. The summed E-state index contributed by atoms with van der Waals surface area (Å²) in [5.74, 6) is -0.551. The van der Waals surface area contributed by atoms with Crippen LogP contribution in [0.3, 0.4) is 0 Å². The topological polar surface area (TPSA) is 56.0 Å². The molecule has 0 spiro atoms. The van der Waals surface area contributed by atoms with Crippen LogP contribution in [0.2, 0.25) is 0 Å². The van der Waals surface area contributed by atoms with Gasteiger partial charge >= 0.3 is 0 Å². The van der Waals surface area contributed by atoms with E-state index >= 15 is 0 Å². The summed E-state index contributed by atoms with van der Waals surface area (Å²) < 4.78 is 17.7. The Morgan fingerprint density at radius 2 is 2.27 bits per heavy atom. The van der Waals surface area contributed by atoms with Crippen LogP contribution in [-0.4, -0.2) is 15.9 Å². The number of nitrogens with zero attached hydrogens (tertiary/aromatic N) is 2. The third kappa shape index (κ3) is 1.90. The molecule has 0 radical (unpaired) electrons. The third-order valence-electron chi connectivity index (χ3n) is 1.81. The van der Waals surface area contributed by atoms with Crippen molar-refractivity contribution in [1.82, 2.24) is 10.1 Å². The molecule has 0 aliphatic carbocycles. The second-order valence-electron chi connectivity index (χ2n) is 2.99. The number of aromatic nitrogens is 2. The number of halogens is 1. The largest absolute Gasteiger partial charge is 0.334 e. The first-order valence-electron chi connectivity index (χ1n) is 4.27. The molecule has 1 heterocycles. The van der Waals surface area contributed by atoms with Crippen molar-refractivity contribution in [1.29, 1.82) is 0 Å². The van der Waals surface area contributed by atoms with Crippen LogP contribution in [0.5, 0.6) is 0 Å². The molecule has 0 atom stereocenters. The highest BCUT2D eigenvalue weighted by molar-refractivity contribution is 5.90. The highest BCUT2D eigenvalue weighted by Crippen LogP contribution is 2.17. The Hall–Kier alpha value is -2.04. The second-order valence-corrected chi connectivity index (χ2v) is 2.99. The molecule has 0 unspecified atom stereocenters. The Bertz CT molecular complexity index is 508. The molecule has 1 aromatic carbocycles. The van der Waals surface area contributed by atoms with E-state index in [2.05, 4.69) is 10.1 Å². The fraction of sp³-hybridized carbons (Fsp3) is 0.100. The van der Waals surface area contributed by atoms with Gasteiger partial charge in [-0.3, -0.25) is 4.79 Å². The van der Waals surface area contributed by atoms with Gasteiger partial charge in [0, 0.05) is 12.5 Å². The number of carbonyl (C=O) groups excluding carboxylic acids is 1. The number of ketones is 1. The SMILES string of the molecule is CC(=O)c1noc(-c2cccc(F)c2)n1. The molecule has 1 aromatic heterocycles.